The van der Waals surface area contributed by atoms with Crippen LogP contribution in [0.1, 0.15) is 46.0 Å². The van der Waals surface area contributed by atoms with Crippen molar-refractivity contribution in [3.8, 4) is 5.75 Å². The lowest BCUT2D eigenvalue weighted by atomic mass is 9.86. The summed E-state index contributed by atoms with van der Waals surface area (Å²) in [5.41, 5.74) is 4.05. The molecule has 0 aliphatic carbocycles. The van der Waals surface area contributed by atoms with Crippen molar-refractivity contribution < 1.29 is 19.4 Å². The molecule has 6 heteroatoms. The summed E-state index contributed by atoms with van der Waals surface area (Å²) in [6.45, 7) is 3.93. The minimum atomic E-state index is -1.04. The molecular formula is C28H28ClNO4. The molecule has 0 spiro atoms. The quantitative estimate of drug-likeness (QED) is 0.474. The highest BCUT2D eigenvalue weighted by Crippen LogP contribution is 2.37. The van der Waals surface area contributed by atoms with E-state index in [9.17, 15) is 14.7 Å². The molecule has 0 saturated carbocycles. The number of nitrogens with zero attached hydrogens (tertiary/aromatic N) is 1. The Morgan fingerprint density at radius 1 is 1.09 bits per heavy atom. The van der Waals surface area contributed by atoms with Crippen LogP contribution < -0.4 is 4.74 Å². The minimum Gasteiger partial charge on any atom is -0.487 e. The van der Waals surface area contributed by atoms with Crippen LogP contribution in [0.5, 0.6) is 5.75 Å². The van der Waals surface area contributed by atoms with Crippen molar-refractivity contribution in [1.82, 2.24) is 4.90 Å². The second kappa shape index (κ2) is 9.90. The van der Waals surface area contributed by atoms with Gasteiger partial charge in [-0.3, -0.25) is 9.59 Å². The number of amides is 1. The number of carbonyl (C=O) groups excluding carboxylic acids is 1. The van der Waals surface area contributed by atoms with Gasteiger partial charge in [-0.2, -0.15) is 0 Å². The molecular weight excluding hydrogens is 450 g/mol. The normalized spacial score (nSPS) is 16.9. The summed E-state index contributed by atoms with van der Waals surface area (Å²) in [5, 5.41) is 10.1. The van der Waals surface area contributed by atoms with E-state index in [0.29, 0.717) is 12.0 Å². The second-order valence-electron chi connectivity index (χ2n) is 9.18. The molecule has 1 heterocycles. The fraction of sp³-hybridized carbons (Fsp3) is 0.286. The van der Waals surface area contributed by atoms with Gasteiger partial charge in [0.05, 0.1) is 0 Å². The predicted molar refractivity (Wildman–Crippen MR) is 133 cm³/mol. The predicted octanol–water partition coefficient (Wildman–Crippen LogP) is 5.70. The summed E-state index contributed by atoms with van der Waals surface area (Å²) in [5.74, 6) is -0.604. The number of rotatable bonds is 7. The first-order valence-corrected chi connectivity index (χ1v) is 11.7. The molecule has 0 saturated heterocycles. The molecule has 1 atom stereocenters. The number of carbonyl (C=O) groups is 2. The number of benzene rings is 3. The van der Waals surface area contributed by atoms with Crippen molar-refractivity contribution in [2.24, 2.45) is 0 Å². The molecule has 0 fully saturated rings. The Bertz CT molecular complexity index is 1210. The fourth-order valence-electron chi connectivity index (χ4n) is 4.35. The highest BCUT2D eigenvalue weighted by Gasteiger charge is 2.33. The van der Waals surface area contributed by atoms with Gasteiger partial charge in [0.25, 0.3) is 5.91 Å². The van der Waals surface area contributed by atoms with Crippen LogP contribution >= 0.6 is 11.6 Å². The molecule has 1 N–H and O–H groups in total. The van der Waals surface area contributed by atoms with Crippen LogP contribution in [-0.4, -0.2) is 34.0 Å². The van der Waals surface area contributed by atoms with Gasteiger partial charge in [-0.05, 0) is 67.6 Å². The molecule has 0 bridgehead atoms. The molecule has 1 aliphatic rings. The van der Waals surface area contributed by atoms with Crippen molar-refractivity contribution in [2.75, 3.05) is 6.54 Å². The van der Waals surface area contributed by atoms with E-state index in [2.05, 4.69) is 6.92 Å². The maximum Gasteiger partial charge on any atom is 0.323 e. The Kier molecular flexibility index (Phi) is 6.94. The lowest BCUT2D eigenvalue weighted by Gasteiger charge is -2.36. The molecule has 5 nitrogen and oxygen atoms in total. The van der Waals surface area contributed by atoms with E-state index in [1.54, 1.807) is 6.07 Å². The van der Waals surface area contributed by atoms with Crippen molar-refractivity contribution in [2.45, 2.75) is 45.3 Å². The summed E-state index contributed by atoms with van der Waals surface area (Å²) >= 11 is 6.35. The molecule has 176 valence electrons. The van der Waals surface area contributed by atoms with Gasteiger partial charge in [-0.25, -0.2) is 0 Å². The van der Waals surface area contributed by atoms with Gasteiger partial charge in [0, 0.05) is 23.6 Å². The number of hydrogen-bond acceptors (Lipinski definition) is 3. The van der Waals surface area contributed by atoms with Crippen molar-refractivity contribution in [3.63, 3.8) is 0 Å². The molecule has 34 heavy (non-hydrogen) atoms. The van der Waals surface area contributed by atoms with Gasteiger partial charge in [0.2, 0.25) is 0 Å². The smallest absolute Gasteiger partial charge is 0.323 e. The van der Waals surface area contributed by atoms with E-state index in [0.717, 1.165) is 45.9 Å². The highest BCUT2D eigenvalue weighted by atomic mass is 35.5. The summed E-state index contributed by atoms with van der Waals surface area (Å²) in [6.07, 6.45) is 2.23. The van der Waals surface area contributed by atoms with Gasteiger partial charge < -0.3 is 14.7 Å². The Morgan fingerprint density at radius 3 is 2.53 bits per heavy atom. The molecule has 4 rings (SSSR count). The van der Waals surface area contributed by atoms with Gasteiger partial charge in [0.15, 0.2) is 0 Å². The van der Waals surface area contributed by atoms with Gasteiger partial charge in [-0.1, -0.05) is 59.6 Å². The van der Waals surface area contributed by atoms with Gasteiger partial charge in [-0.15, -0.1) is 0 Å². The van der Waals surface area contributed by atoms with Crippen LogP contribution in [0.15, 0.2) is 66.7 Å². The van der Waals surface area contributed by atoms with Crippen LogP contribution in [0.25, 0.3) is 0 Å². The zero-order chi connectivity index (χ0) is 24.3. The average molecular weight is 478 g/mol. The Labute approximate surface area is 204 Å². The molecule has 3 aromatic rings. The zero-order valence-corrected chi connectivity index (χ0v) is 20.1. The molecule has 3 aromatic carbocycles. The van der Waals surface area contributed by atoms with E-state index in [1.807, 2.05) is 67.6 Å². The van der Waals surface area contributed by atoms with E-state index in [-0.39, 0.29) is 19.0 Å². The number of ether oxygens (including phenoxy) is 1. The summed E-state index contributed by atoms with van der Waals surface area (Å²) < 4.78 is 6.37. The number of aryl methyl sites for hydroxylation is 2. The first-order chi connectivity index (χ1) is 16.2. The van der Waals surface area contributed by atoms with Crippen LogP contribution in [0.4, 0.5) is 0 Å². The Morgan fingerprint density at radius 2 is 1.82 bits per heavy atom. The summed E-state index contributed by atoms with van der Waals surface area (Å²) in [7, 11) is 0. The van der Waals surface area contributed by atoms with Crippen molar-refractivity contribution in [1.29, 1.82) is 0 Å². The van der Waals surface area contributed by atoms with Gasteiger partial charge in [0.1, 0.15) is 17.9 Å². The first kappa shape index (κ1) is 23.8. The monoisotopic (exact) mass is 477 g/mol. The second-order valence-corrected chi connectivity index (χ2v) is 9.59. The fourth-order valence-corrected chi connectivity index (χ4v) is 4.55. The Hall–Kier alpha value is -3.31. The summed E-state index contributed by atoms with van der Waals surface area (Å²) in [6, 6.07) is 20.9. The van der Waals surface area contributed by atoms with E-state index in [4.69, 9.17) is 16.3 Å². The van der Waals surface area contributed by atoms with E-state index < -0.39 is 11.6 Å². The van der Waals surface area contributed by atoms with Crippen molar-refractivity contribution >= 4 is 23.5 Å². The topological polar surface area (TPSA) is 66.8 Å². The molecule has 1 aliphatic heterocycles. The molecule has 0 radical (unpaired) electrons. The van der Waals surface area contributed by atoms with E-state index in [1.165, 1.54) is 4.90 Å². The lowest BCUT2D eigenvalue weighted by Crippen LogP contribution is -2.39. The molecule has 0 aromatic heterocycles. The van der Waals surface area contributed by atoms with Crippen LogP contribution in [0, 0.1) is 6.92 Å². The van der Waals surface area contributed by atoms with E-state index >= 15 is 0 Å². The standard InChI is InChI=1S/C28H28ClNO4/c1-19-7-9-20(10-8-19)17-30(18-26(31)32)27(33)22-11-12-25-21(15-22)13-14-28(2,34-25)16-23-5-3-4-6-24(23)29/h3-12,15H,13-14,16-18H2,1-2H3,(H,31,32)/t28-/m0/s1. The average Bonchev–Trinajstić information content (AvgIpc) is 2.80. The van der Waals surface area contributed by atoms with Crippen molar-refractivity contribution in [3.05, 3.63) is 99.6 Å². The Balaban J connectivity index is 1.52. The maximum atomic E-state index is 13.3. The zero-order valence-electron chi connectivity index (χ0n) is 19.4. The van der Waals surface area contributed by atoms with Crippen LogP contribution in [0.2, 0.25) is 5.02 Å². The lowest BCUT2D eigenvalue weighted by molar-refractivity contribution is -0.137. The number of carboxylic acid groups (broad SMARTS) is 1. The largest absolute Gasteiger partial charge is 0.487 e. The molecule has 1 amide bonds. The third-order valence-corrected chi connectivity index (χ3v) is 6.59. The number of aliphatic carboxylic acids is 1. The van der Waals surface area contributed by atoms with Crippen LogP contribution in [0.3, 0.4) is 0 Å². The van der Waals surface area contributed by atoms with Gasteiger partial charge >= 0.3 is 5.97 Å². The first-order valence-electron chi connectivity index (χ1n) is 11.3. The third-order valence-electron chi connectivity index (χ3n) is 6.22. The van der Waals surface area contributed by atoms with Crippen LogP contribution in [-0.2, 0) is 24.2 Å². The highest BCUT2D eigenvalue weighted by molar-refractivity contribution is 6.31. The molecule has 0 unspecified atom stereocenters. The summed E-state index contributed by atoms with van der Waals surface area (Å²) in [4.78, 5) is 26.1. The number of carboxylic acids is 1. The number of halogens is 1. The maximum absolute atomic E-state index is 13.3. The number of hydrogen-bond donors (Lipinski definition) is 1. The number of fused-ring (bicyclic) bond motifs is 1. The minimum absolute atomic E-state index is 0.231. The SMILES string of the molecule is Cc1ccc(CN(CC(=O)O)C(=O)c2ccc3c(c2)CC[C@@](C)(Cc2ccccc2Cl)O3)cc1. The third kappa shape index (κ3) is 5.60.